The third-order valence-electron chi connectivity index (χ3n) is 2.90. The van der Waals surface area contributed by atoms with Crippen molar-refractivity contribution in [3.63, 3.8) is 0 Å². The largest absolute Gasteiger partial charge is 0.520 e. The van der Waals surface area contributed by atoms with E-state index in [0.717, 1.165) is 0 Å². The molecule has 6 heteroatoms. The van der Waals surface area contributed by atoms with Gasteiger partial charge >= 0.3 is 6.16 Å². The molecule has 6 nitrogen and oxygen atoms in total. The van der Waals surface area contributed by atoms with Crippen molar-refractivity contribution in [2.75, 3.05) is 5.01 Å². The highest BCUT2D eigenvalue weighted by molar-refractivity contribution is 6.11. The molecule has 110 valence electrons. The number of ether oxygens (including phenoxy) is 2. The second-order valence-corrected chi connectivity index (χ2v) is 4.48. The molecule has 0 aromatic heterocycles. The molecule has 0 saturated carbocycles. The number of benzene rings is 2. The molecule has 3 rings (SSSR count). The van der Waals surface area contributed by atoms with Crippen LogP contribution in [0.25, 0.3) is 0 Å². The van der Waals surface area contributed by atoms with Crippen LogP contribution in [0.4, 0.5) is 10.5 Å². The average Bonchev–Trinajstić information content (AvgIpc) is 2.89. The van der Waals surface area contributed by atoms with Crippen LogP contribution >= 0.6 is 0 Å². The van der Waals surface area contributed by atoms with Crippen LogP contribution in [0, 0.1) is 0 Å². The molecule has 2 aromatic carbocycles. The quantitative estimate of drug-likeness (QED) is 0.631. The molecule has 0 radical (unpaired) electrons. The number of nitrogens with zero attached hydrogens (tertiary/aromatic N) is 2. The van der Waals surface area contributed by atoms with E-state index < -0.39 is 6.16 Å². The molecular formula is C16H12N2O4. The van der Waals surface area contributed by atoms with E-state index in [4.69, 9.17) is 9.47 Å². The van der Waals surface area contributed by atoms with Gasteiger partial charge in [0.05, 0.1) is 5.69 Å². The minimum atomic E-state index is -0.923. The van der Waals surface area contributed by atoms with E-state index in [0.29, 0.717) is 11.4 Å². The summed E-state index contributed by atoms with van der Waals surface area (Å²) in [6, 6.07) is 17.4. The summed E-state index contributed by atoms with van der Waals surface area (Å²) in [7, 11) is 0. The second kappa shape index (κ2) is 6.09. The molecular weight excluding hydrogens is 284 g/mol. The molecule has 2 aromatic rings. The second-order valence-electron chi connectivity index (χ2n) is 4.48. The van der Waals surface area contributed by atoms with E-state index in [1.165, 1.54) is 5.01 Å². The normalized spacial score (nSPS) is 13.7. The smallest absolute Gasteiger partial charge is 0.395 e. The maximum atomic E-state index is 11.9. The van der Waals surface area contributed by atoms with E-state index in [9.17, 15) is 9.59 Å². The summed E-state index contributed by atoms with van der Waals surface area (Å²) in [6.07, 6.45) is -1.01. The summed E-state index contributed by atoms with van der Waals surface area (Å²) in [5, 5.41) is 5.20. The van der Waals surface area contributed by atoms with Gasteiger partial charge < -0.3 is 9.47 Å². The van der Waals surface area contributed by atoms with Crippen LogP contribution < -0.4 is 9.75 Å². The lowest BCUT2D eigenvalue weighted by atomic mass is 10.3. The van der Waals surface area contributed by atoms with Crippen LogP contribution in [-0.4, -0.2) is 18.0 Å². The van der Waals surface area contributed by atoms with Gasteiger partial charge in [0, 0.05) is 0 Å². The fourth-order valence-corrected chi connectivity index (χ4v) is 1.94. The number of hydrogen-bond donors (Lipinski definition) is 0. The zero-order valence-electron chi connectivity index (χ0n) is 11.5. The molecule has 22 heavy (non-hydrogen) atoms. The Kier molecular flexibility index (Phi) is 3.82. The molecule has 0 unspecified atom stereocenters. The molecule has 0 bridgehead atoms. The van der Waals surface area contributed by atoms with Crippen molar-refractivity contribution < 1.29 is 19.1 Å². The van der Waals surface area contributed by atoms with Crippen LogP contribution in [0.1, 0.15) is 6.42 Å². The predicted octanol–water partition coefficient (Wildman–Crippen LogP) is 2.95. The number of carbonyl (C=O) groups excluding carboxylic acids is 2. The first-order valence-corrected chi connectivity index (χ1v) is 6.62. The maximum Gasteiger partial charge on any atom is 0.520 e. The average molecular weight is 296 g/mol. The summed E-state index contributed by atoms with van der Waals surface area (Å²) in [5.74, 6) is 0.0980. The van der Waals surface area contributed by atoms with Crippen LogP contribution in [0.5, 0.6) is 5.75 Å². The molecule has 0 N–H and O–H groups in total. The Morgan fingerprint density at radius 2 is 1.59 bits per heavy atom. The Bertz CT molecular complexity index is 713. The molecule has 1 heterocycles. The number of hydrogen-bond acceptors (Lipinski definition) is 5. The topological polar surface area (TPSA) is 68.2 Å². The van der Waals surface area contributed by atoms with Crippen molar-refractivity contribution in [1.82, 2.24) is 0 Å². The Morgan fingerprint density at radius 1 is 0.955 bits per heavy atom. The van der Waals surface area contributed by atoms with Crippen molar-refractivity contribution in [2.45, 2.75) is 6.42 Å². The molecule has 1 amide bonds. The zero-order chi connectivity index (χ0) is 15.4. The van der Waals surface area contributed by atoms with Gasteiger partial charge in [-0.1, -0.05) is 36.4 Å². The van der Waals surface area contributed by atoms with Crippen molar-refractivity contribution in [2.24, 2.45) is 5.10 Å². The summed E-state index contributed by atoms with van der Waals surface area (Å²) in [6.45, 7) is 0. The standard InChI is InChI=1S/C16H12N2O4/c19-15-11-14(17-18(15)12-7-3-1-4-8-12)22-16(20)21-13-9-5-2-6-10-13/h1-10H,11H2. The van der Waals surface area contributed by atoms with E-state index in [-0.39, 0.29) is 18.2 Å². The molecule has 0 spiro atoms. The van der Waals surface area contributed by atoms with E-state index in [2.05, 4.69) is 5.10 Å². The van der Waals surface area contributed by atoms with Crippen molar-refractivity contribution >= 4 is 23.6 Å². The lowest BCUT2D eigenvalue weighted by Crippen LogP contribution is -2.19. The van der Waals surface area contributed by atoms with E-state index in [1.54, 1.807) is 54.6 Å². The van der Waals surface area contributed by atoms with Crippen molar-refractivity contribution in [3.05, 3.63) is 60.7 Å². The van der Waals surface area contributed by atoms with Crippen molar-refractivity contribution in [1.29, 1.82) is 0 Å². The van der Waals surface area contributed by atoms with Gasteiger partial charge in [0.15, 0.2) is 0 Å². The van der Waals surface area contributed by atoms with Crippen LogP contribution in [0.2, 0.25) is 0 Å². The fourth-order valence-electron chi connectivity index (χ4n) is 1.94. The predicted molar refractivity (Wildman–Crippen MR) is 79.5 cm³/mol. The molecule has 0 saturated heterocycles. The van der Waals surface area contributed by atoms with Gasteiger partial charge in [-0.2, -0.15) is 5.01 Å². The first-order valence-electron chi connectivity index (χ1n) is 6.62. The molecule has 0 atom stereocenters. The van der Waals surface area contributed by atoms with Crippen LogP contribution in [0.3, 0.4) is 0 Å². The highest BCUT2D eigenvalue weighted by Crippen LogP contribution is 2.20. The minimum absolute atomic E-state index is 0.00906. The van der Waals surface area contributed by atoms with Crippen LogP contribution in [-0.2, 0) is 9.53 Å². The molecule has 1 aliphatic rings. The summed E-state index contributed by atoms with van der Waals surface area (Å²) in [5.41, 5.74) is 0.613. The van der Waals surface area contributed by atoms with Crippen LogP contribution in [0.15, 0.2) is 65.8 Å². The van der Waals surface area contributed by atoms with E-state index in [1.807, 2.05) is 6.07 Å². The Balaban J connectivity index is 1.66. The highest BCUT2D eigenvalue weighted by atomic mass is 16.7. The first-order chi connectivity index (χ1) is 10.7. The third kappa shape index (κ3) is 3.12. The lowest BCUT2D eigenvalue weighted by molar-refractivity contribution is -0.117. The monoisotopic (exact) mass is 296 g/mol. The SMILES string of the molecule is O=C(OC1=NN(c2ccccc2)C(=O)C1)Oc1ccccc1. The van der Waals surface area contributed by atoms with Gasteiger partial charge in [0.2, 0.25) is 5.90 Å². The lowest BCUT2D eigenvalue weighted by Gasteiger charge is -2.09. The molecule has 1 aliphatic heterocycles. The van der Waals surface area contributed by atoms with Gasteiger partial charge in [-0.05, 0) is 24.3 Å². The van der Waals surface area contributed by atoms with E-state index >= 15 is 0 Å². The first kappa shape index (κ1) is 13.8. The van der Waals surface area contributed by atoms with Gasteiger partial charge in [0.1, 0.15) is 12.2 Å². The Morgan fingerprint density at radius 3 is 2.27 bits per heavy atom. The van der Waals surface area contributed by atoms with Gasteiger partial charge in [-0.25, -0.2) is 4.79 Å². The summed E-state index contributed by atoms with van der Waals surface area (Å²) < 4.78 is 9.94. The summed E-state index contributed by atoms with van der Waals surface area (Å²) >= 11 is 0. The third-order valence-corrected chi connectivity index (χ3v) is 2.90. The Labute approximate surface area is 126 Å². The number of rotatable bonds is 2. The maximum absolute atomic E-state index is 11.9. The van der Waals surface area contributed by atoms with Gasteiger partial charge in [-0.15, -0.1) is 5.10 Å². The number of para-hydroxylation sites is 2. The fraction of sp³-hybridized carbons (Fsp3) is 0.0625. The van der Waals surface area contributed by atoms with Gasteiger partial charge in [-0.3, -0.25) is 4.79 Å². The minimum Gasteiger partial charge on any atom is -0.395 e. The number of carbonyl (C=O) groups is 2. The number of amides is 1. The zero-order valence-corrected chi connectivity index (χ0v) is 11.5. The van der Waals surface area contributed by atoms with Crippen molar-refractivity contribution in [3.8, 4) is 5.75 Å². The number of hydrazone groups is 1. The number of anilines is 1. The molecule has 0 aliphatic carbocycles. The summed E-state index contributed by atoms with van der Waals surface area (Å²) in [4.78, 5) is 23.6. The molecule has 0 fully saturated rings. The van der Waals surface area contributed by atoms with Gasteiger partial charge in [0.25, 0.3) is 5.91 Å². The highest BCUT2D eigenvalue weighted by Gasteiger charge is 2.28. The Hall–Kier alpha value is -3.15.